The molecular formula is C16H19NO4. The first-order valence-corrected chi connectivity index (χ1v) is 6.76. The predicted octanol–water partition coefficient (Wildman–Crippen LogP) is 2.20. The van der Waals surface area contributed by atoms with E-state index in [2.05, 4.69) is 10.1 Å². The predicted molar refractivity (Wildman–Crippen MR) is 78.9 cm³/mol. The second kappa shape index (κ2) is 7.06. The fourth-order valence-corrected chi connectivity index (χ4v) is 1.92. The van der Waals surface area contributed by atoms with Crippen molar-refractivity contribution < 1.29 is 19.1 Å². The topological polar surface area (TPSA) is 71.7 Å². The van der Waals surface area contributed by atoms with Crippen LogP contribution in [0.25, 0.3) is 11.3 Å². The van der Waals surface area contributed by atoms with E-state index in [0.29, 0.717) is 18.7 Å². The second-order valence-electron chi connectivity index (χ2n) is 4.81. The molecule has 1 aromatic heterocycles. The monoisotopic (exact) mass is 289 g/mol. The fraction of sp³-hybridized carbons (Fsp3) is 0.312. The Bertz CT molecular complexity index is 587. The van der Waals surface area contributed by atoms with Gasteiger partial charge in [-0.15, -0.1) is 0 Å². The third-order valence-corrected chi connectivity index (χ3v) is 2.99. The number of esters is 1. The van der Waals surface area contributed by atoms with Crippen LogP contribution < -0.4 is 5.32 Å². The average molecular weight is 289 g/mol. The largest absolute Gasteiger partial charge is 0.465 e. The fourth-order valence-electron chi connectivity index (χ4n) is 1.92. The summed E-state index contributed by atoms with van der Waals surface area (Å²) in [6, 6.07) is 10.8. The van der Waals surface area contributed by atoms with E-state index >= 15 is 0 Å². The van der Waals surface area contributed by atoms with Gasteiger partial charge in [-0.3, -0.25) is 0 Å². The molecule has 0 radical (unpaired) electrons. The molecule has 0 aliphatic heterocycles. The number of benzene rings is 1. The molecule has 5 nitrogen and oxygen atoms in total. The third kappa shape index (κ3) is 4.18. The highest BCUT2D eigenvalue weighted by molar-refractivity contribution is 5.89. The molecule has 0 unspecified atom stereocenters. The summed E-state index contributed by atoms with van der Waals surface area (Å²) in [6.45, 7) is 2.80. The molecule has 2 aromatic rings. The van der Waals surface area contributed by atoms with Gasteiger partial charge in [-0.2, -0.15) is 0 Å². The Hall–Kier alpha value is -2.11. The second-order valence-corrected chi connectivity index (χ2v) is 4.81. The number of aliphatic hydroxyl groups is 1. The number of furan rings is 1. The number of rotatable bonds is 6. The van der Waals surface area contributed by atoms with Crippen molar-refractivity contribution in [2.24, 2.45) is 0 Å². The minimum atomic E-state index is -0.384. The van der Waals surface area contributed by atoms with Gasteiger partial charge in [0.1, 0.15) is 11.5 Å². The molecule has 2 rings (SSSR count). The molecule has 1 aromatic carbocycles. The molecule has 0 fully saturated rings. The van der Waals surface area contributed by atoms with Crippen LogP contribution >= 0.6 is 0 Å². The van der Waals surface area contributed by atoms with E-state index in [4.69, 9.17) is 4.42 Å². The van der Waals surface area contributed by atoms with Crippen molar-refractivity contribution in [3.8, 4) is 11.3 Å². The van der Waals surface area contributed by atoms with E-state index in [0.717, 1.165) is 17.1 Å². The number of hydrogen-bond acceptors (Lipinski definition) is 5. The molecular weight excluding hydrogens is 270 g/mol. The lowest BCUT2D eigenvalue weighted by Crippen LogP contribution is -2.23. The molecule has 0 aliphatic rings. The van der Waals surface area contributed by atoms with Crippen molar-refractivity contribution in [1.29, 1.82) is 0 Å². The van der Waals surface area contributed by atoms with Gasteiger partial charge in [-0.05, 0) is 31.2 Å². The van der Waals surface area contributed by atoms with Crippen LogP contribution in [-0.2, 0) is 11.3 Å². The highest BCUT2D eigenvalue weighted by Crippen LogP contribution is 2.22. The summed E-state index contributed by atoms with van der Waals surface area (Å²) < 4.78 is 10.4. The molecule has 0 saturated heterocycles. The highest BCUT2D eigenvalue weighted by Gasteiger charge is 2.08. The summed E-state index contributed by atoms with van der Waals surface area (Å²) in [5.41, 5.74) is 1.40. The Morgan fingerprint density at radius 1 is 1.29 bits per heavy atom. The molecule has 5 heteroatoms. The first-order valence-electron chi connectivity index (χ1n) is 6.76. The Morgan fingerprint density at radius 3 is 2.62 bits per heavy atom. The van der Waals surface area contributed by atoms with Gasteiger partial charge in [0.15, 0.2) is 0 Å². The van der Waals surface area contributed by atoms with Gasteiger partial charge in [0.25, 0.3) is 0 Å². The summed E-state index contributed by atoms with van der Waals surface area (Å²) in [4.78, 5) is 11.4. The van der Waals surface area contributed by atoms with Gasteiger partial charge in [0.05, 0.1) is 25.3 Å². The summed E-state index contributed by atoms with van der Waals surface area (Å²) in [7, 11) is 1.36. The van der Waals surface area contributed by atoms with Crippen molar-refractivity contribution in [3.63, 3.8) is 0 Å². The molecule has 0 bridgehead atoms. The molecule has 0 saturated carbocycles. The van der Waals surface area contributed by atoms with Crippen LogP contribution in [0.5, 0.6) is 0 Å². The Balaban J connectivity index is 2.02. The van der Waals surface area contributed by atoms with E-state index in [9.17, 15) is 9.90 Å². The third-order valence-electron chi connectivity index (χ3n) is 2.99. The van der Waals surface area contributed by atoms with Crippen molar-refractivity contribution in [2.75, 3.05) is 13.7 Å². The zero-order valence-corrected chi connectivity index (χ0v) is 12.1. The normalized spacial score (nSPS) is 12.1. The van der Waals surface area contributed by atoms with Crippen molar-refractivity contribution >= 4 is 5.97 Å². The maximum absolute atomic E-state index is 11.4. The maximum atomic E-state index is 11.4. The van der Waals surface area contributed by atoms with Crippen LogP contribution in [0.4, 0.5) is 0 Å². The SMILES string of the molecule is COC(=O)c1ccc(-c2ccc(CNC[C@@H](C)O)o2)cc1. The van der Waals surface area contributed by atoms with Crippen LogP contribution in [0.2, 0.25) is 0 Å². The first kappa shape index (κ1) is 15.3. The lowest BCUT2D eigenvalue weighted by molar-refractivity contribution is 0.0600. The molecule has 1 heterocycles. The zero-order valence-electron chi connectivity index (χ0n) is 12.1. The quantitative estimate of drug-likeness (QED) is 0.798. The number of carbonyl (C=O) groups excluding carboxylic acids is 1. The highest BCUT2D eigenvalue weighted by atomic mass is 16.5. The van der Waals surface area contributed by atoms with Crippen LogP contribution in [-0.4, -0.2) is 30.8 Å². The maximum Gasteiger partial charge on any atom is 0.337 e. The summed E-state index contributed by atoms with van der Waals surface area (Å²) in [6.07, 6.45) is -0.384. The zero-order chi connectivity index (χ0) is 15.2. The molecule has 0 spiro atoms. The number of nitrogens with one attached hydrogen (secondary N) is 1. The van der Waals surface area contributed by atoms with Gasteiger partial charge in [0, 0.05) is 12.1 Å². The Morgan fingerprint density at radius 2 is 2.00 bits per heavy atom. The number of aliphatic hydroxyl groups excluding tert-OH is 1. The number of ether oxygens (including phenoxy) is 1. The van der Waals surface area contributed by atoms with Crippen LogP contribution in [0.1, 0.15) is 23.0 Å². The number of methoxy groups -OCH3 is 1. The number of carbonyl (C=O) groups is 1. The van der Waals surface area contributed by atoms with Gasteiger partial charge in [0.2, 0.25) is 0 Å². The summed E-state index contributed by atoms with van der Waals surface area (Å²) >= 11 is 0. The van der Waals surface area contributed by atoms with Crippen LogP contribution in [0.15, 0.2) is 40.8 Å². The van der Waals surface area contributed by atoms with Gasteiger partial charge < -0.3 is 19.6 Å². The molecule has 1 atom stereocenters. The minimum absolute atomic E-state index is 0.357. The summed E-state index contributed by atoms with van der Waals surface area (Å²) in [5, 5.41) is 12.3. The van der Waals surface area contributed by atoms with Crippen molar-refractivity contribution in [2.45, 2.75) is 19.6 Å². The standard InChI is InChI=1S/C16H19NO4/c1-11(18)9-17-10-14-7-8-15(21-14)12-3-5-13(6-4-12)16(19)20-2/h3-8,11,17-18H,9-10H2,1-2H3/t11-/m1/s1. The van der Waals surface area contributed by atoms with E-state index in [1.165, 1.54) is 7.11 Å². The van der Waals surface area contributed by atoms with E-state index in [-0.39, 0.29) is 12.1 Å². The summed E-state index contributed by atoms with van der Waals surface area (Å²) in [5.74, 6) is 1.17. The smallest absolute Gasteiger partial charge is 0.337 e. The Kier molecular flexibility index (Phi) is 5.14. The van der Waals surface area contributed by atoms with E-state index in [1.807, 2.05) is 24.3 Å². The van der Waals surface area contributed by atoms with Crippen molar-refractivity contribution in [1.82, 2.24) is 5.32 Å². The van der Waals surface area contributed by atoms with Gasteiger partial charge in [-0.25, -0.2) is 4.79 Å². The molecule has 0 amide bonds. The van der Waals surface area contributed by atoms with Crippen LogP contribution in [0.3, 0.4) is 0 Å². The Labute approximate surface area is 123 Å². The molecule has 0 aliphatic carbocycles. The molecule has 112 valence electrons. The van der Waals surface area contributed by atoms with Crippen LogP contribution in [0, 0.1) is 0 Å². The average Bonchev–Trinajstić information content (AvgIpc) is 2.95. The van der Waals surface area contributed by atoms with Gasteiger partial charge in [-0.1, -0.05) is 12.1 Å². The number of hydrogen-bond donors (Lipinski definition) is 2. The molecule has 2 N–H and O–H groups in total. The van der Waals surface area contributed by atoms with E-state index < -0.39 is 0 Å². The molecule has 21 heavy (non-hydrogen) atoms. The lowest BCUT2D eigenvalue weighted by atomic mass is 10.1. The van der Waals surface area contributed by atoms with Crippen molar-refractivity contribution in [3.05, 3.63) is 47.7 Å². The van der Waals surface area contributed by atoms with E-state index in [1.54, 1.807) is 19.1 Å². The first-order chi connectivity index (χ1) is 10.1. The lowest BCUT2D eigenvalue weighted by Gasteiger charge is -2.04. The van der Waals surface area contributed by atoms with Gasteiger partial charge >= 0.3 is 5.97 Å². The minimum Gasteiger partial charge on any atom is -0.465 e.